The van der Waals surface area contributed by atoms with Gasteiger partial charge in [0, 0.05) is 29.9 Å². The Morgan fingerprint density at radius 1 is 1.08 bits per heavy atom. The van der Waals surface area contributed by atoms with Crippen LogP contribution < -0.4 is 0 Å². The predicted molar refractivity (Wildman–Crippen MR) is 94.3 cm³/mol. The van der Waals surface area contributed by atoms with Crippen LogP contribution in [0.1, 0.15) is 31.1 Å². The Morgan fingerprint density at radius 2 is 1.92 bits per heavy atom. The number of hydrogen-bond acceptors (Lipinski definition) is 4. The number of aliphatic hydroxyl groups excluding tert-OH is 1. The van der Waals surface area contributed by atoms with E-state index in [-0.39, 0.29) is 0 Å². The third-order valence-corrected chi connectivity index (χ3v) is 4.77. The van der Waals surface area contributed by atoms with Crippen LogP contribution in [0.25, 0.3) is 16.9 Å². The summed E-state index contributed by atoms with van der Waals surface area (Å²) >= 11 is 6.07. The van der Waals surface area contributed by atoms with Gasteiger partial charge in [-0.3, -0.25) is 9.47 Å². The quantitative estimate of drug-likeness (QED) is 0.790. The van der Waals surface area contributed by atoms with Crippen LogP contribution in [-0.2, 0) is 0 Å². The lowest BCUT2D eigenvalue weighted by Crippen LogP contribution is -2.33. The number of hydrogen-bond donors (Lipinski definition) is 1. The van der Waals surface area contributed by atoms with Gasteiger partial charge in [-0.15, -0.1) is 0 Å². The molecule has 124 valence electrons. The van der Waals surface area contributed by atoms with Crippen LogP contribution in [-0.4, -0.2) is 37.6 Å². The lowest BCUT2D eigenvalue weighted by atomic mass is 10.1. The molecule has 24 heavy (non-hydrogen) atoms. The van der Waals surface area contributed by atoms with Gasteiger partial charge in [0.1, 0.15) is 18.1 Å². The van der Waals surface area contributed by atoms with E-state index in [0.717, 1.165) is 48.3 Å². The van der Waals surface area contributed by atoms with Crippen LogP contribution in [0, 0.1) is 0 Å². The molecule has 0 aliphatic carbocycles. The van der Waals surface area contributed by atoms with Gasteiger partial charge in [-0.2, -0.15) is 0 Å². The summed E-state index contributed by atoms with van der Waals surface area (Å²) in [4.78, 5) is 11.1. The molecule has 3 aromatic rings. The zero-order valence-electron chi connectivity index (χ0n) is 13.3. The molecular weight excluding hydrogens is 324 g/mol. The highest BCUT2D eigenvalue weighted by molar-refractivity contribution is 6.30. The second kappa shape index (κ2) is 6.51. The molecule has 6 heteroatoms. The van der Waals surface area contributed by atoms with E-state index in [1.54, 1.807) is 12.5 Å². The molecule has 5 nitrogen and oxygen atoms in total. The van der Waals surface area contributed by atoms with Gasteiger partial charge in [-0.05, 0) is 37.1 Å². The Kier molecular flexibility index (Phi) is 4.22. The van der Waals surface area contributed by atoms with Crippen LogP contribution in [0.5, 0.6) is 0 Å². The maximum atomic E-state index is 10.6. The SMILES string of the molecule is OC(c1cnc2c(c1)ncn2-c1cccc(Cl)c1)N1CCCCC1. The number of halogens is 1. The molecule has 1 aliphatic heterocycles. The number of benzene rings is 1. The highest BCUT2D eigenvalue weighted by Gasteiger charge is 2.21. The summed E-state index contributed by atoms with van der Waals surface area (Å²) in [5.41, 5.74) is 3.23. The summed E-state index contributed by atoms with van der Waals surface area (Å²) < 4.78 is 1.90. The molecule has 0 bridgehead atoms. The molecule has 0 radical (unpaired) electrons. The van der Waals surface area contributed by atoms with Crippen molar-refractivity contribution >= 4 is 22.8 Å². The topological polar surface area (TPSA) is 54.2 Å². The number of aromatic nitrogens is 3. The lowest BCUT2D eigenvalue weighted by molar-refractivity contribution is -0.00995. The van der Waals surface area contributed by atoms with Crippen LogP contribution in [0.3, 0.4) is 0 Å². The van der Waals surface area contributed by atoms with Gasteiger partial charge in [0.2, 0.25) is 0 Å². The number of imidazole rings is 1. The molecule has 1 aliphatic rings. The average Bonchev–Trinajstić information content (AvgIpc) is 3.05. The van der Waals surface area contributed by atoms with Gasteiger partial charge in [-0.1, -0.05) is 24.1 Å². The maximum Gasteiger partial charge on any atom is 0.164 e. The predicted octanol–water partition coefficient (Wildman–Crippen LogP) is 3.55. The van der Waals surface area contributed by atoms with Crippen LogP contribution in [0.4, 0.5) is 0 Å². The van der Waals surface area contributed by atoms with E-state index in [2.05, 4.69) is 14.9 Å². The number of pyridine rings is 1. The van der Waals surface area contributed by atoms with Crippen LogP contribution in [0.15, 0.2) is 42.9 Å². The maximum absolute atomic E-state index is 10.6. The molecule has 4 rings (SSSR count). The fourth-order valence-corrected chi connectivity index (χ4v) is 3.43. The standard InChI is InChI=1S/C18H19ClN4O/c19-14-5-4-6-15(10-14)23-12-21-16-9-13(11-20-17(16)23)18(24)22-7-2-1-3-8-22/h4-6,9-12,18,24H,1-3,7-8H2. The van der Waals surface area contributed by atoms with Crippen molar-refractivity contribution in [2.45, 2.75) is 25.5 Å². The van der Waals surface area contributed by atoms with Gasteiger partial charge in [-0.25, -0.2) is 9.97 Å². The normalized spacial score (nSPS) is 17.2. The highest BCUT2D eigenvalue weighted by atomic mass is 35.5. The number of piperidine rings is 1. The first-order chi connectivity index (χ1) is 11.7. The summed E-state index contributed by atoms with van der Waals surface area (Å²) in [5, 5.41) is 11.3. The smallest absolute Gasteiger partial charge is 0.164 e. The van der Waals surface area contributed by atoms with Gasteiger partial charge < -0.3 is 5.11 Å². The zero-order valence-corrected chi connectivity index (χ0v) is 14.0. The molecule has 1 unspecified atom stereocenters. The molecule has 1 N–H and O–H groups in total. The summed E-state index contributed by atoms with van der Waals surface area (Å²) in [7, 11) is 0. The van der Waals surface area contributed by atoms with Crippen molar-refractivity contribution < 1.29 is 5.11 Å². The molecule has 1 saturated heterocycles. The number of aliphatic hydroxyl groups is 1. The van der Waals surface area contributed by atoms with Gasteiger partial charge in [0.15, 0.2) is 5.65 Å². The molecule has 1 atom stereocenters. The van der Waals surface area contributed by atoms with Crippen molar-refractivity contribution in [1.82, 2.24) is 19.4 Å². The number of rotatable bonds is 3. The summed E-state index contributed by atoms with van der Waals surface area (Å²) in [6.45, 7) is 1.85. The van der Waals surface area contributed by atoms with Crippen LogP contribution >= 0.6 is 11.6 Å². The Morgan fingerprint density at radius 3 is 2.71 bits per heavy atom. The van der Waals surface area contributed by atoms with E-state index < -0.39 is 6.23 Å². The molecule has 0 saturated carbocycles. The van der Waals surface area contributed by atoms with Crippen molar-refractivity contribution in [2.75, 3.05) is 13.1 Å². The zero-order chi connectivity index (χ0) is 16.5. The van der Waals surface area contributed by atoms with E-state index >= 15 is 0 Å². The Labute approximate surface area is 145 Å². The van der Waals surface area contributed by atoms with E-state index in [9.17, 15) is 5.11 Å². The Bertz CT molecular complexity index is 857. The first kappa shape index (κ1) is 15.6. The van der Waals surface area contributed by atoms with E-state index in [1.807, 2.05) is 34.9 Å². The van der Waals surface area contributed by atoms with E-state index in [4.69, 9.17) is 11.6 Å². The largest absolute Gasteiger partial charge is 0.374 e. The summed E-state index contributed by atoms with van der Waals surface area (Å²) in [5.74, 6) is 0. The molecule has 2 aromatic heterocycles. The molecule has 1 aromatic carbocycles. The van der Waals surface area contributed by atoms with E-state index in [1.165, 1.54) is 6.42 Å². The third kappa shape index (κ3) is 2.90. The Hall–Kier alpha value is -1.95. The highest BCUT2D eigenvalue weighted by Crippen LogP contribution is 2.25. The van der Waals surface area contributed by atoms with Crippen molar-refractivity contribution in [1.29, 1.82) is 0 Å². The molecular formula is C18H19ClN4O. The fourth-order valence-electron chi connectivity index (χ4n) is 3.25. The summed E-state index contributed by atoms with van der Waals surface area (Å²) in [6, 6.07) is 9.50. The van der Waals surface area contributed by atoms with Crippen molar-refractivity contribution in [2.24, 2.45) is 0 Å². The minimum Gasteiger partial charge on any atom is -0.374 e. The van der Waals surface area contributed by atoms with Gasteiger partial charge in [0.05, 0.1) is 5.69 Å². The van der Waals surface area contributed by atoms with Crippen molar-refractivity contribution in [3.63, 3.8) is 0 Å². The van der Waals surface area contributed by atoms with Crippen LogP contribution in [0.2, 0.25) is 5.02 Å². The average molecular weight is 343 g/mol. The van der Waals surface area contributed by atoms with E-state index in [0.29, 0.717) is 5.02 Å². The number of likely N-dealkylation sites (tertiary alicyclic amines) is 1. The van der Waals surface area contributed by atoms with Gasteiger partial charge >= 0.3 is 0 Å². The second-order valence-electron chi connectivity index (χ2n) is 6.18. The minimum atomic E-state index is -0.612. The first-order valence-corrected chi connectivity index (χ1v) is 8.61. The molecule has 1 fully saturated rings. The number of fused-ring (bicyclic) bond motifs is 1. The Balaban J connectivity index is 1.67. The molecule has 3 heterocycles. The first-order valence-electron chi connectivity index (χ1n) is 8.23. The van der Waals surface area contributed by atoms with Gasteiger partial charge in [0.25, 0.3) is 0 Å². The second-order valence-corrected chi connectivity index (χ2v) is 6.61. The van der Waals surface area contributed by atoms with Crippen molar-refractivity contribution in [3.8, 4) is 5.69 Å². The fraction of sp³-hybridized carbons (Fsp3) is 0.333. The lowest BCUT2D eigenvalue weighted by Gasteiger charge is -2.31. The minimum absolute atomic E-state index is 0.612. The summed E-state index contributed by atoms with van der Waals surface area (Å²) in [6.07, 6.45) is 6.38. The monoisotopic (exact) mass is 342 g/mol. The third-order valence-electron chi connectivity index (χ3n) is 4.53. The number of nitrogens with zero attached hydrogens (tertiary/aromatic N) is 4. The van der Waals surface area contributed by atoms with Crippen molar-refractivity contribution in [3.05, 3.63) is 53.4 Å². The molecule has 0 amide bonds. The molecule has 0 spiro atoms.